The number of carbonyl (C=O) groups is 2. The number of piperidine rings is 1. The summed E-state index contributed by atoms with van der Waals surface area (Å²) in [5.41, 5.74) is -0.201. The Labute approximate surface area is 121 Å². The van der Waals surface area contributed by atoms with Crippen LogP contribution in [0.1, 0.15) is 23.2 Å². The number of carboxylic acids is 1. The highest BCUT2D eigenvalue weighted by Crippen LogP contribution is 2.18. The molecule has 7 heteroatoms. The number of anilines is 1. The molecule has 1 heterocycles. The second kappa shape index (κ2) is 6.53. The molecule has 1 aliphatic heterocycles. The molecule has 0 saturated carbocycles. The summed E-state index contributed by atoms with van der Waals surface area (Å²) in [5, 5.41) is 11.2. The van der Waals surface area contributed by atoms with E-state index in [0.717, 1.165) is 18.9 Å². The number of ether oxygens (including phenoxy) is 1. The zero-order valence-electron chi connectivity index (χ0n) is 11.6. The zero-order chi connectivity index (χ0) is 15.4. The number of methoxy groups -OCH3 is 1. The van der Waals surface area contributed by atoms with Crippen LogP contribution in [0.5, 0.6) is 0 Å². The average Bonchev–Trinajstić information content (AvgIpc) is 2.49. The maximum Gasteiger partial charge on any atom is 0.335 e. The third-order valence-corrected chi connectivity index (χ3v) is 3.46. The topological polar surface area (TPSA) is 78.9 Å². The standard InChI is InChI=1S/C14H17FN2O4/c1-21-10-3-2-6-17(8-10)14(20)16-12-5-4-9(13(18)19)7-11(12)15/h4-5,7,10H,2-3,6,8H2,1H3,(H,16,20)(H,18,19). The Kier molecular flexibility index (Phi) is 4.74. The Bertz CT molecular complexity index is 550. The van der Waals surface area contributed by atoms with Crippen LogP contribution in [0.3, 0.4) is 0 Å². The number of carbonyl (C=O) groups excluding carboxylic acids is 1. The minimum absolute atomic E-state index is 0.0104. The lowest BCUT2D eigenvalue weighted by Gasteiger charge is -2.31. The first-order valence-corrected chi connectivity index (χ1v) is 6.63. The van der Waals surface area contributed by atoms with Gasteiger partial charge in [0.25, 0.3) is 0 Å². The highest BCUT2D eigenvalue weighted by Gasteiger charge is 2.24. The number of urea groups is 1. The molecule has 0 radical (unpaired) electrons. The largest absolute Gasteiger partial charge is 0.478 e. The normalized spacial score (nSPS) is 18.4. The maximum absolute atomic E-state index is 13.8. The van der Waals surface area contributed by atoms with E-state index < -0.39 is 17.8 Å². The molecule has 0 spiro atoms. The van der Waals surface area contributed by atoms with Crippen LogP contribution in [0.4, 0.5) is 14.9 Å². The van der Waals surface area contributed by atoms with Crippen molar-refractivity contribution < 1.29 is 23.8 Å². The van der Waals surface area contributed by atoms with Crippen LogP contribution < -0.4 is 5.32 Å². The van der Waals surface area contributed by atoms with Gasteiger partial charge < -0.3 is 20.1 Å². The Morgan fingerprint density at radius 2 is 2.24 bits per heavy atom. The van der Waals surface area contributed by atoms with Crippen molar-refractivity contribution in [2.45, 2.75) is 18.9 Å². The van der Waals surface area contributed by atoms with E-state index in [0.29, 0.717) is 13.1 Å². The number of hydrogen-bond donors (Lipinski definition) is 2. The van der Waals surface area contributed by atoms with E-state index >= 15 is 0 Å². The van der Waals surface area contributed by atoms with Crippen molar-refractivity contribution in [2.24, 2.45) is 0 Å². The molecule has 2 rings (SSSR count). The number of aromatic carboxylic acids is 1. The Balaban J connectivity index is 2.04. The summed E-state index contributed by atoms with van der Waals surface area (Å²) in [6, 6.07) is 2.95. The predicted molar refractivity (Wildman–Crippen MR) is 74.0 cm³/mol. The third-order valence-electron chi connectivity index (χ3n) is 3.46. The molecule has 0 aliphatic carbocycles. The zero-order valence-corrected chi connectivity index (χ0v) is 11.6. The number of rotatable bonds is 3. The third kappa shape index (κ3) is 3.69. The number of carboxylic acid groups (broad SMARTS) is 1. The van der Waals surface area contributed by atoms with Gasteiger partial charge in [-0.1, -0.05) is 0 Å². The minimum Gasteiger partial charge on any atom is -0.478 e. The molecule has 0 bridgehead atoms. The highest BCUT2D eigenvalue weighted by molar-refractivity contribution is 5.91. The van der Waals surface area contributed by atoms with Crippen molar-refractivity contribution in [2.75, 3.05) is 25.5 Å². The van der Waals surface area contributed by atoms with E-state index in [1.54, 1.807) is 12.0 Å². The van der Waals surface area contributed by atoms with E-state index in [2.05, 4.69) is 5.32 Å². The second-order valence-corrected chi connectivity index (χ2v) is 4.88. The van der Waals surface area contributed by atoms with E-state index in [9.17, 15) is 14.0 Å². The summed E-state index contributed by atoms with van der Waals surface area (Å²) in [6.07, 6.45) is 1.71. The van der Waals surface area contributed by atoms with E-state index in [1.807, 2.05) is 0 Å². The lowest BCUT2D eigenvalue weighted by Crippen LogP contribution is -2.45. The molecule has 114 valence electrons. The van der Waals surface area contributed by atoms with E-state index in [4.69, 9.17) is 9.84 Å². The average molecular weight is 296 g/mol. The summed E-state index contributed by atoms with van der Waals surface area (Å²) < 4.78 is 19.0. The van der Waals surface area contributed by atoms with E-state index in [-0.39, 0.29) is 17.4 Å². The van der Waals surface area contributed by atoms with Gasteiger partial charge in [-0.3, -0.25) is 0 Å². The molecule has 1 aromatic rings. The molecule has 1 aliphatic rings. The van der Waals surface area contributed by atoms with Gasteiger partial charge in [0.2, 0.25) is 0 Å². The molecule has 0 aromatic heterocycles. The monoisotopic (exact) mass is 296 g/mol. The first-order valence-electron chi connectivity index (χ1n) is 6.63. The summed E-state index contributed by atoms with van der Waals surface area (Å²) >= 11 is 0. The van der Waals surface area contributed by atoms with Gasteiger partial charge >= 0.3 is 12.0 Å². The maximum atomic E-state index is 13.8. The van der Waals surface area contributed by atoms with Gasteiger partial charge in [0.1, 0.15) is 5.82 Å². The van der Waals surface area contributed by atoms with Crippen LogP contribution in [0.25, 0.3) is 0 Å². The molecular weight excluding hydrogens is 279 g/mol. The van der Waals surface area contributed by atoms with Gasteiger partial charge in [0, 0.05) is 20.2 Å². The van der Waals surface area contributed by atoms with Gasteiger partial charge in [-0.2, -0.15) is 0 Å². The van der Waals surface area contributed by atoms with E-state index in [1.165, 1.54) is 12.1 Å². The second-order valence-electron chi connectivity index (χ2n) is 4.88. The molecule has 1 unspecified atom stereocenters. The van der Waals surface area contributed by atoms with Gasteiger partial charge in [0.15, 0.2) is 0 Å². The molecule has 6 nitrogen and oxygen atoms in total. The fraction of sp³-hybridized carbons (Fsp3) is 0.429. The number of benzene rings is 1. The van der Waals surface area contributed by atoms with Crippen LogP contribution in [-0.4, -0.2) is 48.3 Å². The summed E-state index contributed by atoms with van der Waals surface area (Å²) in [5.74, 6) is -1.99. The number of likely N-dealkylation sites (tertiary alicyclic amines) is 1. The molecular formula is C14H17FN2O4. The van der Waals surface area contributed by atoms with Gasteiger partial charge in [0.05, 0.1) is 17.4 Å². The van der Waals surface area contributed by atoms with Gasteiger partial charge in [-0.15, -0.1) is 0 Å². The lowest BCUT2D eigenvalue weighted by atomic mass is 10.1. The quantitative estimate of drug-likeness (QED) is 0.896. The Morgan fingerprint density at radius 1 is 1.48 bits per heavy atom. The smallest absolute Gasteiger partial charge is 0.335 e. The molecule has 1 saturated heterocycles. The van der Waals surface area contributed by atoms with Crippen LogP contribution >= 0.6 is 0 Å². The van der Waals surface area contributed by atoms with Crippen molar-refractivity contribution in [3.8, 4) is 0 Å². The van der Waals surface area contributed by atoms with Crippen LogP contribution in [-0.2, 0) is 4.74 Å². The number of halogens is 1. The molecule has 1 aromatic carbocycles. The van der Waals surface area contributed by atoms with Gasteiger partial charge in [-0.05, 0) is 31.0 Å². The molecule has 1 atom stereocenters. The van der Waals surface area contributed by atoms with Crippen molar-refractivity contribution in [3.63, 3.8) is 0 Å². The molecule has 2 N–H and O–H groups in total. The SMILES string of the molecule is COC1CCCN(C(=O)Nc2ccc(C(=O)O)cc2F)C1. The van der Waals surface area contributed by atoms with Crippen molar-refractivity contribution in [1.29, 1.82) is 0 Å². The van der Waals surface area contributed by atoms with Crippen LogP contribution in [0.2, 0.25) is 0 Å². The first-order chi connectivity index (χ1) is 10.0. The Morgan fingerprint density at radius 3 is 2.86 bits per heavy atom. The van der Waals surface area contributed by atoms with Gasteiger partial charge in [-0.25, -0.2) is 14.0 Å². The molecule has 21 heavy (non-hydrogen) atoms. The highest BCUT2D eigenvalue weighted by atomic mass is 19.1. The summed E-state index contributed by atoms with van der Waals surface area (Å²) in [6.45, 7) is 1.04. The molecule has 2 amide bonds. The number of amides is 2. The lowest BCUT2D eigenvalue weighted by molar-refractivity contribution is 0.0458. The fourth-order valence-electron chi connectivity index (χ4n) is 2.26. The number of nitrogens with zero attached hydrogens (tertiary/aromatic N) is 1. The minimum atomic E-state index is -1.22. The van der Waals surface area contributed by atoms with Crippen LogP contribution in [0, 0.1) is 5.82 Å². The van der Waals surface area contributed by atoms with Crippen molar-refractivity contribution in [1.82, 2.24) is 4.90 Å². The summed E-state index contributed by atoms with van der Waals surface area (Å²) in [7, 11) is 1.59. The first kappa shape index (κ1) is 15.2. The predicted octanol–water partition coefficient (Wildman–Crippen LogP) is 2.17. The Hall–Kier alpha value is -2.15. The molecule has 1 fully saturated rings. The van der Waals surface area contributed by atoms with Crippen LogP contribution in [0.15, 0.2) is 18.2 Å². The van der Waals surface area contributed by atoms with Crippen molar-refractivity contribution >= 4 is 17.7 Å². The van der Waals surface area contributed by atoms with Crippen molar-refractivity contribution in [3.05, 3.63) is 29.6 Å². The number of nitrogens with one attached hydrogen (secondary N) is 1. The number of hydrogen-bond acceptors (Lipinski definition) is 3. The summed E-state index contributed by atoms with van der Waals surface area (Å²) in [4.78, 5) is 24.4. The fourth-order valence-corrected chi connectivity index (χ4v) is 2.26.